The van der Waals surface area contributed by atoms with Crippen LogP contribution in [0.25, 0.3) is 11.0 Å². The van der Waals surface area contributed by atoms with Gasteiger partial charge in [-0.2, -0.15) is 0 Å². The summed E-state index contributed by atoms with van der Waals surface area (Å²) in [6.45, 7) is 7.16. The second kappa shape index (κ2) is 6.70. The molecule has 1 atom stereocenters. The normalized spacial score (nSPS) is 18.6. The lowest BCUT2D eigenvalue weighted by Crippen LogP contribution is -2.30. The van der Waals surface area contributed by atoms with Crippen LogP contribution in [0.3, 0.4) is 0 Å². The lowest BCUT2D eigenvalue weighted by molar-refractivity contribution is -0.120. The van der Waals surface area contributed by atoms with E-state index < -0.39 is 0 Å². The molecule has 22 heavy (non-hydrogen) atoms. The number of likely N-dealkylation sites (tertiary alicyclic amines) is 1. The van der Waals surface area contributed by atoms with E-state index in [1.165, 1.54) is 0 Å². The van der Waals surface area contributed by atoms with Crippen LogP contribution in [0.2, 0.25) is 0 Å². The molecular formula is C16H20N4O2. The van der Waals surface area contributed by atoms with Crippen molar-refractivity contribution in [2.45, 2.75) is 19.4 Å². The quantitative estimate of drug-likeness (QED) is 0.823. The van der Waals surface area contributed by atoms with Crippen LogP contribution in [0.4, 0.5) is 0 Å². The first-order valence-corrected chi connectivity index (χ1v) is 7.56. The molecule has 0 radical (unpaired) electrons. The maximum atomic E-state index is 11.5. The smallest absolute Gasteiger partial charge is 0.223 e. The maximum absolute atomic E-state index is 11.5. The minimum Gasteiger partial charge on any atom is -0.356 e. The van der Waals surface area contributed by atoms with Crippen LogP contribution in [-0.4, -0.2) is 40.8 Å². The Balaban J connectivity index is 1.54. The topological polar surface area (TPSA) is 71.3 Å². The molecule has 1 fully saturated rings. The Morgan fingerprint density at radius 1 is 1.50 bits per heavy atom. The summed E-state index contributed by atoms with van der Waals surface area (Å²) >= 11 is 0. The number of benzene rings is 1. The zero-order chi connectivity index (χ0) is 15.4. The fourth-order valence-corrected chi connectivity index (χ4v) is 2.92. The van der Waals surface area contributed by atoms with Gasteiger partial charge in [0.05, 0.1) is 0 Å². The molecule has 1 aromatic carbocycles. The molecule has 1 aliphatic rings. The Bertz CT molecular complexity index is 667. The zero-order valence-electron chi connectivity index (χ0n) is 12.5. The Morgan fingerprint density at radius 2 is 2.41 bits per heavy atom. The molecule has 116 valence electrons. The molecule has 3 rings (SSSR count). The maximum Gasteiger partial charge on any atom is 0.223 e. The third kappa shape index (κ3) is 3.33. The summed E-state index contributed by atoms with van der Waals surface area (Å²) in [5.74, 6) is 0.551. The lowest BCUT2D eigenvalue weighted by atomic mass is 10.1. The Morgan fingerprint density at radius 3 is 3.27 bits per heavy atom. The lowest BCUT2D eigenvalue weighted by Gasteiger charge is -2.16. The molecule has 1 amide bonds. The van der Waals surface area contributed by atoms with Crippen molar-refractivity contribution in [3.8, 4) is 0 Å². The first-order valence-electron chi connectivity index (χ1n) is 7.56. The highest BCUT2D eigenvalue weighted by atomic mass is 16.6. The van der Waals surface area contributed by atoms with E-state index in [1.54, 1.807) is 6.08 Å². The predicted octanol–water partition coefficient (Wildman–Crippen LogP) is 1.74. The van der Waals surface area contributed by atoms with Gasteiger partial charge in [0.25, 0.3) is 0 Å². The summed E-state index contributed by atoms with van der Waals surface area (Å²) in [6, 6.07) is 5.94. The number of hydrogen-bond acceptors (Lipinski definition) is 5. The van der Waals surface area contributed by atoms with E-state index in [0.29, 0.717) is 12.3 Å². The van der Waals surface area contributed by atoms with E-state index >= 15 is 0 Å². The number of nitrogens with zero attached hydrogens (tertiary/aromatic N) is 3. The monoisotopic (exact) mass is 300 g/mol. The van der Waals surface area contributed by atoms with Crippen LogP contribution < -0.4 is 5.32 Å². The van der Waals surface area contributed by atoms with E-state index in [0.717, 1.165) is 49.2 Å². The fourth-order valence-electron chi connectivity index (χ4n) is 2.92. The molecule has 2 aromatic rings. The molecule has 0 aliphatic carbocycles. The Hall–Kier alpha value is -2.21. The van der Waals surface area contributed by atoms with Gasteiger partial charge in [0, 0.05) is 26.1 Å². The summed E-state index contributed by atoms with van der Waals surface area (Å²) in [7, 11) is 0. The van der Waals surface area contributed by atoms with Crippen molar-refractivity contribution in [2.75, 3.05) is 19.6 Å². The van der Waals surface area contributed by atoms with Crippen LogP contribution in [0.1, 0.15) is 18.4 Å². The minimum atomic E-state index is 0.0480. The van der Waals surface area contributed by atoms with Gasteiger partial charge in [-0.25, -0.2) is 4.63 Å². The van der Waals surface area contributed by atoms with Crippen LogP contribution in [0.5, 0.6) is 0 Å². The summed E-state index contributed by atoms with van der Waals surface area (Å²) in [5, 5.41) is 10.8. The van der Waals surface area contributed by atoms with E-state index in [9.17, 15) is 4.79 Å². The minimum absolute atomic E-state index is 0.0480. The number of carbonyl (C=O) groups is 1. The van der Waals surface area contributed by atoms with Crippen molar-refractivity contribution in [3.63, 3.8) is 0 Å². The SMILES string of the molecule is C=CCC(=O)NCC1CCN(Cc2cccc3nonc23)C1. The van der Waals surface area contributed by atoms with Crippen molar-refractivity contribution >= 4 is 16.9 Å². The Labute approximate surface area is 129 Å². The predicted molar refractivity (Wildman–Crippen MR) is 83.0 cm³/mol. The molecule has 0 saturated carbocycles. The standard InChI is InChI=1S/C16H20N4O2/c1-2-4-15(21)17-9-12-7-8-20(10-12)11-13-5-3-6-14-16(13)19-22-18-14/h2-3,5-6,12H,1,4,7-11H2,(H,17,21). The molecule has 0 bridgehead atoms. The fraction of sp³-hybridized carbons (Fsp3) is 0.438. The molecule has 2 heterocycles. The van der Waals surface area contributed by atoms with Crippen LogP contribution >= 0.6 is 0 Å². The van der Waals surface area contributed by atoms with Crippen molar-refractivity contribution in [2.24, 2.45) is 5.92 Å². The largest absolute Gasteiger partial charge is 0.356 e. The number of rotatable bonds is 6. The highest BCUT2D eigenvalue weighted by Gasteiger charge is 2.23. The summed E-state index contributed by atoms with van der Waals surface area (Å²) in [5.41, 5.74) is 2.77. The van der Waals surface area contributed by atoms with Gasteiger partial charge in [-0.05, 0) is 40.8 Å². The van der Waals surface area contributed by atoms with Crippen molar-refractivity contribution < 1.29 is 9.42 Å². The van der Waals surface area contributed by atoms with Gasteiger partial charge in [-0.15, -0.1) is 6.58 Å². The van der Waals surface area contributed by atoms with Crippen LogP contribution in [0.15, 0.2) is 35.5 Å². The highest BCUT2D eigenvalue weighted by molar-refractivity contribution is 5.77. The number of aromatic nitrogens is 2. The number of amides is 1. The average Bonchev–Trinajstić information content (AvgIpc) is 3.15. The summed E-state index contributed by atoms with van der Waals surface area (Å²) in [4.78, 5) is 13.9. The van der Waals surface area contributed by atoms with Gasteiger partial charge in [-0.1, -0.05) is 18.2 Å². The summed E-state index contributed by atoms with van der Waals surface area (Å²) < 4.78 is 4.80. The molecule has 6 nitrogen and oxygen atoms in total. The molecule has 1 N–H and O–H groups in total. The van der Waals surface area contributed by atoms with Crippen LogP contribution in [-0.2, 0) is 11.3 Å². The number of hydrogen-bond donors (Lipinski definition) is 1. The molecule has 6 heteroatoms. The zero-order valence-corrected chi connectivity index (χ0v) is 12.5. The van der Waals surface area contributed by atoms with E-state index in [2.05, 4.69) is 33.2 Å². The second-order valence-electron chi connectivity index (χ2n) is 5.74. The van der Waals surface area contributed by atoms with E-state index in [1.807, 2.05) is 12.1 Å². The van der Waals surface area contributed by atoms with Gasteiger partial charge < -0.3 is 5.32 Å². The van der Waals surface area contributed by atoms with E-state index in [-0.39, 0.29) is 5.91 Å². The average molecular weight is 300 g/mol. The van der Waals surface area contributed by atoms with Crippen LogP contribution in [0, 0.1) is 5.92 Å². The van der Waals surface area contributed by atoms with Gasteiger partial charge in [0.15, 0.2) is 0 Å². The third-order valence-electron chi connectivity index (χ3n) is 4.05. The third-order valence-corrected chi connectivity index (χ3v) is 4.05. The van der Waals surface area contributed by atoms with E-state index in [4.69, 9.17) is 4.63 Å². The van der Waals surface area contributed by atoms with Crippen molar-refractivity contribution in [1.82, 2.24) is 20.5 Å². The molecule has 1 saturated heterocycles. The van der Waals surface area contributed by atoms with Crippen molar-refractivity contribution in [1.29, 1.82) is 0 Å². The van der Waals surface area contributed by atoms with Crippen molar-refractivity contribution in [3.05, 3.63) is 36.4 Å². The van der Waals surface area contributed by atoms with Gasteiger partial charge in [0.1, 0.15) is 11.0 Å². The number of nitrogens with one attached hydrogen (secondary N) is 1. The number of fused-ring (bicyclic) bond motifs is 1. The molecule has 1 aliphatic heterocycles. The van der Waals surface area contributed by atoms with Gasteiger partial charge >= 0.3 is 0 Å². The number of carbonyl (C=O) groups excluding carboxylic acids is 1. The Kier molecular flexibility index (Phi) is 4.48. The molecule has 1 aromatic heterocycles. The first-order chi connectivity index (χ1) is 10.8. The summed E-state index contributed by atoms with van der Waals surface area (Å²) in [6.07, 6.45) is 3.11. The van der Waals surface area contributed by atoms with Gasteiger partial charge in [-0.3, -0.25) is 9.69 Å². The highest BCUT2D eigenvalue weighted by Crippen LogP contribution is 2.21. The van der Waals surface area contributed by atoms with Gasteiger partial charge in [0.2, 0.25) is 5.91 Å². The molecule has 0 spiro atoms. The first kappa shape index (κ1) is 14.7. The molecular weight excluding hydrogens is 280 g/mol. The second-order valence-corrected chi connectivity index (χ2v) is 5.74. The molecule has 1 unspecified atom stereocenters.